The minimum atomic E-state index is -4.21. The highest BCUT2D eigenvalue weighted by Crippen LogP contribution is 2.33. The summed E-state index contributed by atoms with van der Waals surface area (Å²) in [6.45, 7) is 3.61. The molecule has 0 spiro atoms. The average molecular weight is 445 g/mol. The summed E-state index contributed by atoms with van der Waals surface area (Å²) in [6, 6.07) is 6.00. The molecule has 0 saturated heterocycles. The van der Waals surface area contributed by atoms with E-state index in [1.54, 1.807) is 0 Å². The number of benzene rings is 1. The molecule has 32 heavy (non-hydrogen) atoms. The van der Waals surface area contributed by atoms with Crippen LogP contribution in [-0.4, -0.2) is 35.7 Å². The second-order valence-electron chi connectivity index (χ2n) is 8.30. The molecule has 0 aromatic heterocycles. The Morgan fingerprint density at radius 2 is 2.09 bits per heavy atom. The van der Waals surface area contributed by atoms with Crippen molar-refractivity contribution in [1.29, 1.82) is 0 Å². The standard InChI is InChI=1S/C24H27F3N4O/c1-3-4-16-12-20(28-10-9-24(25,26)27)22-29-13-21(31(22)14-16)17-5-8-19(15(2)11-17)23(32)30-18-6-7-18/h3-5,8,11-14,18,22,28-29H,6-7,9-10H2,1-2H3,(H,30,32)/b4-3+. The molecule has 3 N–H and O–H groups in total. The summed E-state index contributed by atoms with van der Waals surface area (Å²) in [5.41, 5.74) is 4.89. The first-order valence-electron chi connectivity index (χ1n) is 10.8. The summed E-state index contributed by atoms with van der Waals surface area (Å²) in [7, 11) is 0. The number of nitrogens with one attached hydrogen (secondary N) is 3. The van der Waals surface area contributed by atoms with Gasteiger partial charge in [0.1, 0.15) is 6.17 Å². The Kier molecular flexibility index (Phi) is 6.04. The van der Waals surface area contributed by atoms with Crippen LogP contribution in [0.15, 0.2) is 60.1 Å². The van der Waals surface area contributed by atoms with Gasteiger partial charge in [0.15, 0.2) is 0 Å². The predicted molar refractivity (Wildman–Crippen MR) is 118 cm³/mol. The molecule has 1 aromatic carbocycles. The summed E-state index contributed by atoms with van der Waals surface area (Å²) < 4.78 is 37.8. The van der Waals surface area contributed by atoms with Crippen molar-refractivity contribution < 1.29 is 18.0 Å². The third kappa shape index (κ3) is 5.00. The number of allylic oxidation sites excluding steroid dienone is 4. The Labute approximate surface area is 185 Å². The van der Waals surface area contributed by atoms with Crippen molar-refractivity contribution in [3.05, 3.63) is 76.8 Å². The molecule has 170 valence electrons. The Morgan fingerprint density at radius 3 is 2.75 bits per heavy atom. The maximum absolute atomic E-state index is 12.6. The second-order valence-corrected chi connectivity index (χ2v) is 8.30. The number of carbonyl (C=O) groups excluding carboxylic acids is 1. The van der Waals surface area contributed by atoms with Gasteiger partial charge < -0.3 is 20.9 Å². The van der Waals surface area contributed by atoms with Gasteiger partial charge in [0, 0.05) is 30.5 Å². The maximum atomic E-state index is 12.6. The highest BCUT2D eigenvalue weighted by Gasteiger charge is 2.33. The van der Waals surface area contributed by atoms with Crippen molar-refractivity contribution in [3.63, 3.8) is 0 Å². The minimum absolute atomic E-state index is 0.0553. The van der Waals surface area contributed by atoms with E-state index in [4.69, 9.17) is 0 Å². The number of rotatable bonds is 7. The van der Waals surface area contributed by atoms with Gasteiger partial charge in [0.2, 0.25) is 0 Å². The zero-order chi connectivity index (χ0) is 22.9. The second kappa shape index (κ2) is 8.76. The molecule has 2 heterocycles. The van der Waals surface area contributed by atoms with Crippen LogP contribution in [0.4, 0.5) is 13.2 Å². The van der Waals surface area contributed by atoms with E-state index in [9.17, 15) is 18.0 Å². The first-order valence-corrected chi connectivity index (χ1v) is 10.8. The van der Waals surface area contributed by atoms with Crippen molar-refractivity contribution in [1.82, 2.24) is 20.9 Å². The molecular formula is C24H27F3N4O. The van der Waals surface area contributed by atoms with Crippen molar-refractivity contribution in [3.8, 4) is 0 Å². The molecule has 0 radical (unpaired) electrons. The number of amides is 1. The summed E-state index contributed by atoms with van der Waals surface area (Å²) in [5.74, 6) is -0.0553. The number of aryl methyl sites for hydroxylation is 1. The van der Waals surface area contributed by atoms with E-state index < -0.39 is 12.6 Å². The van der Waals surface area contributed by atoms with E-state index in [2.05, 4.69) is 16.0 Å². The number of fused-ring (bicyclic) bond motifs is 1. The van der Waals surface area contributed by atoms with E-state index in [0.717, 1.165) is 35.2 Å². The third-order valence-corrected chi connectivity index (χ3v) is 5.62. The van der Waals surface area contributed by atoms with E-state index in [1.807, 2.05) is 67.6 Å². The minimum Gasteiger partial charge on any atom is -0.385 e. The molecule has 1 atom stereocenters. The van der Waals surface area contributed by atoms with Crippen LogP contribution in [0.5, 0.6) is 0 Å². The van der Waals surface area contributed by atoms with Crippen LogP contribution in [0.3, 0.4) is 0 Å². The molecule has 2 aliphatic heterocycles. The average Bonchev–Trinajstić information content (AvgIpc) is 3.42. The van der Waals surface area contributed by atoms with E-state index in [0.29, 0.717) is 17.3 Å². The van der Waals surface area contributed by atoms with Crippen molar-refractivity contribution in [2.45, 2.75) is 51.5 Å². The zero-order valence-electron chi connectivity index (χ0n) is 18.1. The van der Waals surface area contributed by atoms with Gasteiger partial charge in [-0.2, -0.15) is 13.2 Å². The molecule has 1 saturated carbocycles. The molecule has 1 aliphatic carbocycles. The van der Waals surface area contributed by atoms with E-state index >= 15 is 0 Å². The SMILES string of the molecule is C/C=C/C1=CN2C(c3ccc(C(=O)NC4CC4)c(C)c3)=CNC2C(NCCC(F)(F)F)=C1. The number of carbonyl (C=O) groups is 1. The zero-order valence-corrected chi connectivity index (χ0v) is 18.1. The largest absolute Gasteiger partial charge is 0.390 e. The van der Waals surface area contributed by atoms with Crippen molar-refractivity contribution >= 4 is 11.6 Å². The highest BCUT2D eigenvalue weighted by molar-refractivity contribution is 5.96. The number of nitrogens with zero attached hydrogens (tertiary/aromatic N) is 1. The lowest BCUT2D eigenvalue weighted by Crippen LogP contribution is -2.42. The van der Waals surface area contributed by atoms with Crippen LogP contribution in [-0.2, 0) is 0 Å². The number of alkyl halides is 3. The molecule has 1 aromatic rings. The van der Waals surface area contributed by atoms with Crippen LogP contribution in [0.1, 0.15) is 47.7 Å². The Morgan fingerprint density at radius 1 is 1.31 bits per heavy atom. The Bertz CT molecular complexity index is 1020. The lowest BCUT2D eigenvalue weighted by atomic mass is 10.0. The fraction of sp³-hybridized carbons (Fsp3) is 0.375. The monoisotopic (exact) mass is 444 g/mol. The summed E-state index contributed by atoms with van der Waals surface area (Å²) in [6.07, 6.45) is 6.13. The molecule has 3 aliphatic rings. The fourth-order valence-electron chi connectivity index (χ4n) is 3.87. The molecule has 1 fully saturated rings. The maximum Gasteiger partial charge on any atom is 0.390 e. The summed E-state index contributed by atoms with van der Waals surface area (Å²) in [5, 5.41) is 9.22. The quantitative estimate of drug-likeness (QED) is 0.587. The van der Waals surface area contributed by atoms with Crippen LogP contribution >= 0.6 is 0 Å². The molecule has 4 rings (SSSR count). The molecule has 1 unspecified atom stereocenters. The van der Waals surface area contributed by atoms with Gasteiger partial charge in [-0.15, -0.1) is 0 Å². The van der Waals surface area contributed by atoms with Gasteiger partial charge >= 0.3 is 6.18 Å². The van der Waals surface area contributed by atoms with Gasteiger partial charge in [0.05, 0.1) is 17.8 Å². The van der Waals surface area contributed by atoms with Gasteiger partial charge in [-0.25, -0.2) is 0 Å². The predicted octanol–water partition coefficient (Wildman–Crippen LogP) is 4.32. The lowest BCUT2D eigenvalue weighted by molar-refractivity contribution is -0.133. The van der Waals surface area contributed by atoms with Gasteiger partial charge in [-0.1, -0.05) is 18.2 Å². The smallest absolute Gasteiger partial charge is 0.385 e. The topological polar surface area (TPSA) is 56.4 Å². The normalized spacial score (nSPS) is 20.3. The van der Waals surface area contributed by atoms with Crippen LogP contribution in [0.25, 0.3) is 5.70 Å². The van der Waals surface area contributed by atoms with E-state index in [1.165, 1.54) is 0 Å². The van der Waals surface area contributed by atoms with Crippen molar-refractivity contribution in [2.24, 2.45) is 0 Å². The van der Waals surface area contributed by atoms with Gasteiger partial charge in [0.25, 0.3) is 5.91 Å². The fourth-order valence-corrected chi connectivity index (χ4v) is 3.87. The third-order valence-electron chi connectivity index (χ3n) is 5.62. The lowest BCUT2D eigenvalue weighted by Gasteiger charge is -2.32. The van der Waals surface area contributed by atoms with Crippen molar-refractivity contribution in [2.75, 3.05) is 6.54 Å². The molecule has 8 heteroatoms. The van der Waals surface area contributed by atoms with E-state index in [-0.39, 0.29) is 18.6 Å². The summed E-state index contributed by atoms with van der Waals surface area (Å²) in [4.78, 5) is 14.4. The molecule has 5 nitrogen and oxygen atoms in total. The number of hydrogen-bond acceptors (Lipinski definition) is 4. The highest BCUT2D eigenvalue weighted by atomic mass is 19.4. The molecule has 0 bridgehead atoms. The first-order chi connectivity index (χ1) is 15.2. The van der Waals surface area contributed by atoms with Gasteiger partial charge in [-0.05, 0) is 61.6 Å². The molecular weight excluding hydrogens is 417 g/mol. The summed E-state index contributed by atoms with van der Waals surface area (Å²) >= 11 is 0. The van der Waals surface area contributed by atoms with Crippen LogP contribution < -0.4 is 16.0 Å². The van der Waals surface area contributed by atoms with Gasteiger partial charge in [-0.3, -0.25) is 4.79 Å². The van der Waals surface area contributed by atoms with Crippen LogP contribution in [0, 0.1) is 6.92 Å². The van der Waals surface area contributed by atoms with Crippen LogP contribution in [0.2, 0.25) is 0 Å². The molecule has 1 amide bonds. The number of halogens is 3. The number of hydrogen-bond donors (Lipinski definition) is 3. The Balaban J connectivity index is 1.53. The Hall–Kier alpha value is -3.16. The first kappa shape index (κ1) is 22.0.